The summed E-state index contributed by atoms with van der Waals surface area (Å²) in [5.74, 6) is -0.671. The zero-order chi connectivity index (χ0) is 28.7. The second-order valence-electron chi connectivity index (χ2n) is 10.5. The molecule has 212 valence electrons. The maximum atomic E-state index is 14.1. The lowest BCUT2D eigenvalue weighted by Gasteiger charge is -2.33. The maximum Gasteiger partial charge on any atom is 0.264 e. The van der Waals surface area contributed by atoms with Crippen molar-refractivity contribution in [3.8, 4) is 0 Å². The lowest BCUT2D eigenvalue weighted by Crippen LogP contribution is -2.52. The van der Waals surface area contributed by atoms with Crippen LogP contribution in [-0.4, -0.2) is 43.8 Å². The Morgan fingerprint density at radius 2 is 1.55 bits per heavy atom. The highest BCUT2D eigenvalue weighted by Crippen LogP contribution is 2.26. The fourth-order valence-corrected chi connectivity index (χ4v) is 6.53. The highest BCUT2D eigenvalue weighted by atomic mass is 32.2. The number of anilines is 1. The molecule has 0 bridgehead atoms. The highest BCUT2D eigenvalue weighted by molar-refractivity contribution is 7.92. The van der Waals surface area contributed by atoms with Crippen molar-refractivity contribution < 1.29 is 18.0 Å². The molecule has 0 aliphatic heterocycles. The molecule has 3 aromatic rings. The van der Waals surface area contributed by atoms with Crippen LogP contribution in [0.15, 0.2) is 83.8 Å². The average molecular weight is 562 g/mol. The number of amides is 2. The Morgan fingerprint density at radius 1 is 0.925 bits per heavy atom. The molecule has 0 unspecified atom stereocenters. The van der Waals surface area contributed by atoms with Gasteiger partial charge in [0, 0.05) is 12.6 Å². The summed E-state index contributed by atoms with van der Waals surface area (Å²) in [7, 11) is -4.06. The van der Waals surface area contributed by atoms with Crippen LogP contribution in [-0.2, 0) is 32.6 Å². The van der Waals surface area contributed by atoms with E-state index in [1.807, 2.05) is 50.2 Å². The summed E-state index contributed by atoms with van der Waals surface area (Å²) in [4.78, 5) is 29.0. The van der Waals surface area contributed by atoms with Gasteiger partial charge in [-0.2, -0.15) is 0 Å². The molecule has 3 aromatic carbocycles. The molecule has 8 heteroatoms. The molecule has 1 aliphatic rings. The number of carbonyl (C=O) groups is 2. The first kappa shape index (κ1) is 29.3. The van der Waals surface area contributed by atoms with Gasteiger partial charge in [0.15, 0.2) is 0 Å². The Labute approximate surface area is 238 Å². The Balaban J connectivity index is 1.68. The maximum absolute atomic E-state index is 14.1. The third-order valence-corrected chi connectivity index (χ3v) is 9.50. The third kappa shape index (κ3) is 6.91. The predicted octanol–water partition coefficient (Wildman–Crippen LogP) is 5.23. The first-order valence-electron chi connectivity index (χ1n) is 14.0. The molecule has 4 rings (SSSR count). The van der Waals surface area contributed by atoms with Crippen LogP contribution < -0.4 is 9.62 Å². The lowest BCUT2D eigenvalue weighted by molar-refractivity contribution is -0.139. The van der Waals surface area contributed by atoms with Crippen LogP contribution in [0.5, 0.6) is 0 Å². The molecule has 0 heterocycles. The molecule has 0 spiro atoms. The monoisotopic (exact) mass is 561 g/mol. The topological polar surface area (TPSA) is 86.8 Å². The first-order valence-corrected chi connectivity index (χ1v) is 15.5. The van der Waals surface area contributed by atoms with Crippen LogP contribution in [0, 0.1) is 6.92 Å². The molecule has 40 heavy (non-hydrogen) atoms. The Bertz CT molecular complexity index is 1400. The second-order valence-corrected chi connectivity index (χ2v) is 12.3. The number of carbonyl (C=O) groups excluding carboxylic acids is 2. The quantitative estimate of drug-likeness (QED) is 0.347. The van der Waals surface area contributed by atoms with E-state index in [0.717, 1.165) is 53.1 Å². The molecule has 1 fully saturated rings. The minimum Gasteiger partial charge on any atom is -0.352 e. The number of hydrogen-bond acceptors (Lipinski definition) is 4. The number of nitrogens with one attached hydrogen (secondary N) is 1. The summed E-state index contributed by atoms with van der Waals surface area (Å²) in [6, 6.07) is 22.4. The molecule has 1 aliphatic carbocycles. The summed E-state index contributed by atoms with van der Waals surface area (Å²) in [6.45, 7) is 5.46. The van der Waals surface area contributed by atoms with Crippen LogP contribution in [0.3, 0.4) is 0 Å². The molecule has 1 saturated carbocycles. The zero-order valence-electron chi connectivity index (χ0n) is 23.5. The van der Waals surface area contributed by atoms with E-state index in [9.17, 15) is 18.0 Å². The summed E-state index contributed by atoms with van der Waals surface area (Å²) < 4.78 is 28.9. The van der Waals surface area contributed by atoms with Crippen molar-refractivity contribution in [1.29, 1.82) is 0 Å². The number of sulfonamides is 1. The molecular weight excluding hydrogens is 522 g/mol. The zero-order valence-corrected chi connectivity index (χ0v) is 24.4. The van der Waals surface area contributed by atoms with Crippen LogP contribution in [0.4, 0.5) is 5.69 Å². The van der Waals surface area contributed by atoms with E-state index in [4.69, 9.17) is 0 Å². The molecule has 2 amide bonds. The summed E-state index contributed by atoms with van der Waals surface area (Å²) >= 11 is 0. The van der Waals surface area contributed by atoms with Gasteiger partial charge in [-0.05, 0) is 74.1 Å². The van der Waals surface area contributed by atoms with Gasteiger partial charge in [0.25, 0.3) is 10.0 Å². The van der Waals surface area contributed by atoms with Gasteiger partial charge < -0.3 is 10.2 Å². The number of rotatable bonds is 11. The molecule has 0 aromatic heterocycles. The van der Waals surface area contributed by atoms with E-state index in [2.05, 4.69) is 5.32 Å². The Hall–Kier alpha value is -3.65. The minimum atomic E-state index is -4.06. The van der Waals surface area contributed by atoms with E-state index >= 15 is 0 Å². The molecular formula is C32H39N3O4S. The van der Waals surface area contributed by atoms with Crippen molar-refractivity contribution in [2.45, 2.75) is 76.4 Å². The van der Waals surface area contributed by atoms with Crippen LogP contribution in [0.2, 0.25) is 0 Å². The smallest absolute Gasteiger partial charge is 0.264 e. The van der Waals surface area contributed by atoms with E-state index < -0.39 is 28.5 Å². The van der Waals surface area contributed by atoms with Crippen molar-refractivity contribution in [3.05, 3.63) is 95.6 Å². The number of hydrogen-bond donors (Lipinski definition) is 1. The van der Waals surface area contributed by atoms with E-state index in [1.54, 1.807) is 37.3 Å². The summed E-state index contributed by atoms with van der Waals surface area (Å²) in [5.41, 5.74) is 3.35. The molecule has 0 saturated heterocycles. The lowest BCUT2D eigenvalue weighted by atomic mass is 10.1. The van der Waals surface area contributed by atoms with Crippen molar-refractivity contribution in [1.82, 2.24) is 10.2 Å². The summed E-state index contributed by atoms with van der Waals surface area (Å²) in [6.07, 6.45) is 4.83. The van der Waals surface area contributed by atoms with E-state index in [1.165, 1.54) is 17.0 Å². The van der Waals surface area contributed by atoms with Crippen LogP contribution >= 0.6 is 0 Å². The Morgan fingerprint density at radius 3 is 2.17 bits per heavy atom. The summed E-state index contributed by atoms with van der Waals surface area (Å²) in [5, 5.41) is 3.10. The van der Waals surface area contributed by atoms with Crippen molar-refractivity contribution in [3.63, 3.8) is 0 Å². The second kappa shape index (κ2) is 13.1. The first-order chi connectivity index (χ1) is 19.2. The molecule has 1 N–H and O–H groups in total. The fraction of sp³-hybridized carbons (Fsp3) is 0.375. The van der Waals surface area contributed by atoms with Crippen molar-refractivity contribution >= 4 is 27.5 Å². The molecule has 1 atom stereocenters. The van der Waals surface area contributed by atoms with Crippen molar-refractivity contribution in [2.24, 2.45) is 0 Å². The SMILES string of the molecule is CCc1ccc(N(CC(=O)N(Cc2ccccc2C)[C@H](C)C(=O)NC2CCCC2)S(=O)(=O)c2ccccc2)cc1. The van der Waals surface area contributed by atoms with Crippen LogP contribution in [0.25, 0.3) is 0 Å². The van der Waals surface area contributed by atoms with E-state index in [0.29, 0.717) is 5.69 Å². The van der Waals surface area contributed by atoms with Crippen LogP contribution in [0.1, 0.15) is 56.2 Å². The normalized spacial score (nSPS) is 14.5. The van der Waals surface area contributed by atoms with Gasteiger partial charge >= 0.3 is 0 Å². The standard InChI is InChI=1S/C32H39N3O4S/c1-4-26-18-20-29(21-19-26)35(40(38,39)30-16-6-5-7-17-30)23-31(36)34(22-27-13-9-8-12-24(27)2)25(3)32(37)33-28-14-10-11-15-28/h5-9,12-13,16-21,25,28H,4,10-11,14-15,22-23H2,1-3H3,(H,33,37)/t25-/m1/s1. The number of benzene rings is 3. The average Bonchev–Trinajstić information content (AvgIpc) is 3.48. The van der Waals surface area contributed by atoms with E-state index in [-0.39, 0.29) is 23.4 Å². The third-order valence-electron chi connectivity index (χ3n) is 7.71. The van der Waals surface area contributed by atoms with Gasteiger partial charge in [-0.1, -0.05) is 74.4 Å². The number of nitrogens with zero attached hydrogens (tertiary/aromatic N) is 2. The minimum absolute atomic E-state index is 0.0971. The number of aryl methyl sites for hydroxylation is 2. The van der Waals surface area contributed by atoms with Crippen molar-refractivity contribution in [2.75, 3.05) is 10.8 Å². The Kier molecular flexibility index (Phi) is 9.63. The highest BCUT2D eigenvalue weighted by Gasteiger charge is 2.33. The van der Waals surface area contributed by atoms with Gasteiger partial charge in [-0.3, -0.25) is 13.9 Å². The van der Waals surface area contributed by atoms with Gasteiger partial charge in [-0.15, -0.1) is 0 Å². The molecule has 7 nitrogen and oxygen atoms in total. The van der Waals surface area contributed by atoms with Gasteiger partial charge in [0.2, 0.25) is 11.8 Å². The molecule has 0 radical (unpaired) electrons. The predicted molar refractivity (Wildman–Crippen MR) is 158 cm³/mol. The fourth-order valence-electron chi connectivity index (χ4n) is 5.09. The van der Waals surface area contributed by atoms with Gasteiger partial charge in [0.05, 0.1) is 10.6 Å². The van der Waals surface area contributed by atoms with Gasteiger partial charge in [-0.25, -0.2) is 8.42 Å². The van der Waals surface area contributed by atoms with Gasteiger partial charge in [0.1, 0.15) is 12.6 Å². The largest absolute Gasteiger partial charge is 0.352 e.